The Kier molecular flexibility index (Phi) is 2.39. The maximum atomic E-state index is 4.47. The number of fused-ring (bicyclic) bond motifs is 1. The van der Waals surface area contributed by atoms with Crippen molar-refractivity contribution in [3.05, 3.63) is 29.3 Å². The predicted molar refractivity (Wildman–Crippen MR) is 60.9 cm³/mol. The van der Waals surface area contributed by atoms with Gasteiger partial charge in [-0.25, -0.2) is 15.0 Å². The highest BCUT2D eigenvalue weighted by atomic mass is 14.9. The molecule has 0 atom stereocenters. The van der Waals surface area contributed by atoms with Crippen LogP contribution in [-0.2, 0) is 0 Å². The highest BCUT2D eigenvalue weighted by Crippen LogP contribution is 2.22. The molecule has 0 N–H and O–H groups in total. The predicted octanol–water partition coefficient (Wildman–Crippen LogP) is 2.77. The molecule has 0 unspecified atom stereocenters. The van der Waals surface area contributed by atoms with E-state index in [1.165, 1.54) is 5.56 Å². The van der Waals surface area contributed by atoms with E-state index < -0.39 is 0 Å². The summed E-state index contributed by atoms with van der Waals surface area (Å²) in [6.07, 6.45) is 1.60. The lowest BCUT2D eigenvalue weighted by molar-refractivity contribution is 0.826. The van der Waals surface area contributed by atoms with Gasteiger partial charge in [-0.05, 0) is 31.4 Å². The van der Waals surface area contributed by atoms with Crippen molar-refractivity contribution in [1.82, 2.24) is 15.0 Å². The molecule has 2 heterocycles. The van der Waals surface area contributed by atoms with Gasteiger partial charge in [0.15, 0.2) is 5.65 Å². The molecule has 2 aromatic rings. The topological polar surface area (TPSA) is 38.7 Å². The Labute approximate surface area is 89.6 Å². The Morgan fingerprint density at radius 1 is 1.13 bits per heavy atom. The second-order valence-electron chi connectivity index (χ2n) is 4.18. The zero-order valence-corrected chi connectivity index (χ0v) is 9.57. The SMILES string of the molecule is Cc1cc2c(C(C)C)ncnc2nc1C. The van der Waals surface area contributed by atoms with Crippen molar-refractivity contribution >= 4 is 11.0 Å². The second-order valence-corrected chi connectivity index (χ2v) is 4.18. The number of hydrogen-bond acceptors (Lipinski definition) is 3. The summed E-state index contributed by atoms with van der Waals surface area (Å²) in [5, 5.41) is 1.08. The first-order valence-corrected chi connectivity index (χ1v) is 5.18. The van der Waals surface area contributed by atoms with Crippen molar-refractivity contribution in [3.8, 4) is 0 Å². The number of nitrogens with zero attached hydrogens (tertiary/aromatic N) is 3. The van der Waals surface area contributed by atoms with Gasteiger partial charge in [0.05, 0.1) is 5.69 Å². The Bertz CT molecular complexity index is 503. The lowest BCUT2D eigenvalue weighted by Gasteiger charge is -2.09. The average molecular weight is 201 g/mol. The average Bonchev–Trinajstić information content (AvgIpc) is 2.18. The molecule has 0 aliphatic rings. The molecule has 0 aliphatic carbocycles. The van der Waals surface area contributed by atoms with Crippen LogP contribution in [-0.4, -0.2) is 15.0 Å². The smallest absolute Gasteiger partial charge is 0.163 e. The molecule has 15 heavy (non-hydrogen) atoms. The molecular formula is C12H15N3. The van der Waals surface area contributed by atoms with Gasteiger partial charge in [0.25, 0.3) is 0 Å². The zero-order valence-electron chi connectivity index (χ0n) is 9.57. The van der Waals surface area contributed by atoms with E-state index in [2.05, 4.69) is 41.8 Å². The van der Waals surface area contributed by atoms with Gasteiger partial charge >= 0.3 is 0 Å². The third-order valence-electron chi connectivity index (χ3n) is 2.65. The van der Waals surface area contributed by atoms with E-state index in [1.54, 1.807) is 6.33 Å². The van der Waals surface area contributed by atoms with Crippen molar-refractivity contribution < 1.29 is 0 Å². The summed E-state index contributed by atoms with van der Waals surface area (Å²) in [5.74, 6) is 0.402. The van der Waals surface area contributed by atoms with Gasteiger partial charge in [0.1, 0.15) is 6.33 Å². The summed E-state index contributed by atoms with van der Waals surface area (Å²) in [6, 6.07) is 2.13. The minimum atomic E-state index is 0.402. The summed E-state index contributed by atoms with van der Waals surface area (Å²) in [5.41, 5.74) is 4.11. The summed E-state index contributed by atoms with van der Waals surface area (Å²) in [7, 11) is 0. The third-order valence-corrected chi connectivity index (χ3v) is 2.65. The Hall–Kier alpha value is -1.51. The monoisotopic (exact) mass is 201 g/mol. The highest BCUT2D eigenvalue weighted by molar-refractivity contribution is 5.78. The molecule has 0 radical (unpaired) electrons. The third kappa shape index (κ3) is 1.69. The van der Waals surface area contributed by atoms with E-state index in [-0.39, 0.29) is 0 Å². The summed E-state index contributed by atoms with van der Waals surface area (Å²) < 4.78 is 0. The van der Waals surface area contributed by atoms with Crippen LogP contribution in [0.2, 0.25) is 0 Å². The van der Waals surface area contributed by atoms with Crippen LogP contribution in [0, 0.1) is 13.8 Å². The molecule has 0 amide bonds. The molecule has 0 aliphatic heterocycles. The molecule has 2 rings (SSSR count). The van der Waals surface area contributed by atoms with Crippen LogP contribution in [0.3, 0.4) is 0 Å². The van der Waals surface area contributed by atoms with Crippen LogP contribution in [0.4, 0.5) is 0 Å². The molecule has 0 saturated heterocycles. The van der Waals surface area contributed by atoms with Crippen molar-refractivity contribution in [2.45, 2.75) is 33.6 Å². The number of pyridine rings is 1. The molecule has 0 aromatic carbocycles. The van der Waals surface area contributed by atoms with Crippen LogP contribution in [0.25, 0.3) is 11.0 Å². The summed E-state index contributed by atoms with van der Waals surface area (Å²) in [6.45, 7) is 8.35. The quantitative estimate of drug-likeness (QED) is 0.712. The number of rotatable bonds is 1. The number of aromatic nitrogens is 3. The Morgan fingerprint density at radius 2 is 1.87 bits per heavy atom. The molecule has 3 heteroatoms. The normalized spacial score (nSPS) is 11.3. The Balaban J connectivity index is 2.80. The molecular weight excluding hydrogens is 186 g/mol. The minimum absolute atomic E-state index is 0.402. The van der Waals surface area contributed by atoms with E-state index in [4.69, 9.17) is 0 Å². The van der Waals surface area contributed by atoms with E-state index in [9.17, 15) is 0 Å². The maximum absolute atomic E-state index is 4.47. The van der Waals surface area contributed by atoms with Gasteiger partial charge < -0.3 is 0 Å². The van der Waals surface area contributed by atoms with Gasteiger partial charge in [-0.3, -0.25) is 0 Å². The molecule has 3 nitrogen and oxygen atoms in total. The number of aryl methyl sites for hydroxylation is 2. The molecule has 0 spiro atoms. The molecule has 0 fully saturated rings. The summed E-state index contributed by atoms with van der Waals surface area (Å²) in [4.78, 5) is 13.0. The van der Waals surface area contributed by atoms with Crippen molar-refractivity contribution in [3.63, 3.8) is 0 Å². The lowest BCUT2D eigenvalue weighted by atomic mass is 10.0. The molecule has 0 bridgehead atoms. The highest BCUT2D eigenvalue weighted by Gasteiger charge is 2.09. The fourth-order valence-electron chi connectivity index (χ4n) is 1.66. The van der Waals surface area contributed by atoms with Crippen molar-refractivity contribution in [1.29, 1.82) is 0 Å². The number of hydrogen-bond donors (Lipinski definition) is 0. The molecule has 2 aromatic heterocycles. The van der Waals surface area contributed by atoms with Crippen LogP contribution >= 0.6 is 0 Å². The van der Waals surface area contributed by atoms with Gasteiger partial charge in [-0.1, -0.05) is 13.8 Å². The standard InChI is InChI=1S/C12H15N3/c1-7(2)11-10-5-8(3)9(4)15-12(10)14-6-13-11/h5-7H,1-4H3. The van der Waals surface area contributed by atoms with Gasteiger partial charge in [0.2, 0.25) is 0 Å². The van der Waals surface area contributed by atoms with Crippen molar-refractivity contribution in [2.75, 3.05) is 0 Å². The maximum Gasteiger partial charge on any atom is 0.163 e. The largest absolute Gasteiger partial charge is 0.240 e. The molecule has 0 saturated carbocycles. The first kappa shape index (κ1) is 10.0. The zero-order chi connectivity index (χ0) is 11.0. The van der Waals surface area contributed by atoms with Crippen LogP contribution in [0.1, 0.15) is 36.7 Å². The van der Waals surface area contributed by atoms with Crippen molar-refractivity contribution in [2.24, 2.45) is 0 Å². The van der Waals surface area contributed by atoms with Gasteiger partial charge in [-0.15, -0.1) is 0 Å². The minimum Gasteiger partial charge on any atom is -0.240 e. The Morgan fingerprint density at radius 3 is 2.53 bits per heavy atom. The first-order valence-electron chi connectivity index (χ1n) is 5.18. The van der Waals surface area contributed by atoms with Crippen LogP contribution in [0.5, 0.6) is 0 Å². The van der Waals surface area contributed by atoms with Crippen LogP contribution < -0.4 is 0 Å². The van der Waals surface area contributed by atoms with E-state index >= 15 is 0 Å². The fraction of sp³-hybridized carbons (Fsp3) is 0.417. The molecule has 78 valence electrons. The van der Waals surface area contributed by atoms with Crippen LogP contribution in [0.15, 0.2) is 12.4 Å². The summed E-state index contributed by atoms with van der Waals surface area (Å²) >= 11 is 0. The lowest BCUT2D eigenvalue weighted by Crippen LogP contribution is -1.99. The van der Waals surface area contributed by atoms with Gasteiger partial charge in [0, 0.05) is 11.1 Å². The van der Waals surface area contributed by atoms with Gasteiger partial charge in [-0.2, -0.15) is 0 Å². The fourth-order valence-corrected chi connectivity index (χ4v) is 1.66. The second kappa shape index (κ2) is 3.57. The van der Waals surface area contributed by atoms with E-state index in [0.29, 0.717) is 5.92 Å². The van der Waals surface area contributed by atoms with E-state index in [1.807, 2.05) is 6.92 Å². The van der Waals surface area contributed by atoms with E-state index in [0.717, 1.165) is 22.4 Å². The first-order chi connectivity index (χ1) is 7.09.